The Morgan fingerprint density at radius 3 is 2.64 bits per heavy atom. The molecule has 1 N–H and O–H groups in total. The van der Waals surface area contributed by atoms with Crippen molar-refractivity contribution in [2.24, 2.45) is 0 Å². The number of aromatic nitrogens is 4. The van der Waals surface area contributed by atoms with Crippen LogP contribution >= 0.6 is 0 Å². The summed E-state index contributed by atoms with van der Waals surface area (Å²) in [5, 5.41) is 2.66. The first kappa shape index (κ1) is 15.9. The molecule has 0 amide bonds. The summed E-state index contributed by atoms with van der Waals surface area (Å²) < 4.78 is 39.0. The van der Waals surface area contributed by atoms with Crippen molar-refractivity contribution in [2.75, 3.05) is 11.9 Å². The number of halogens is 3. The fraction of sp³-hybridized carbons (Fsp3) is 0.385. The number of hydrogen-bond donors (Lipinski definition) is 1. The number of aryl methyl sites for hydroxylation is 2. The molecule has 118 valence electrons. The lowest BCUT2D eigenvalue weighted by Crippen LogP contribution is -2.28. The van der Waals surface area contributed by atoms with Crippen molar-refractivity contribution < 1.29 is 13.2 Å². The van der Waals surface area contributed by atoms with Crippen LogP contribution < -0.4 is 11.0 Å². The molecule has 0 saturated carbocycles. The first-order chi connectivity index (χ1) is 10.3. The van der Waals surface area contributed by atoms with Crippen LogP contribution in [0.3, 0.4) is 0 Å². The molecule has 0 aromatic carbocycles. The molecule has 0 aliphatic rings. The number of nitrogens with one attached hydrogen (secondary N) is 1. The van der Waals surface area contributed by atoms with E-state index in [1.807, 2.05) is 0 Å². The quantitative estimate of drug-likeness (QED) is 0.931. The maximum atomic E-state index is 12.5. The van der Waals surface area contributed by atoms with Gasteiger partial charge in [0.25, 0.3) is 0 Å². The van der Waals surface area contributed by atoms with Gasteiger partial charge in [0.15, 0.2) is 0 Å². The highest BCUT2D eigenvalue weighted by atomic mass is 19.4. The zero-order valence-corrected chi connectivity index (χ0v) is 12.0. The molecule has 0 aliphatic heterocycles. The van der Waals surface area contributed by atoms with Crippen LogP contribution in [0.4, 0.5) is 19.1 Å². The molecule has 0 atom stereocenters. The lowest BCUT2D eigenvalue weighted by Gasteiger charge is -2.11. The molecule has 9 heteroatoms. The molecule has 0 saturated heterocycles. The van der Waals surface area contributed by atoms with Gasteiger partial charge in [-0.05, 0) is 26.0 Å². The standard InChI is InChI=1S/C13H14F3N5O/c1-8-7-9(2)21(12(22)19-8)6-5-18-11-17-4-3-10(20-11)13(14,15)16/h3-4,7H,5-6H2,1-2H3,(H,17,18,20). The Kier molecular flexibility index (Phi) is 4.43. The average molecular weight is 313 g/mol. The van der Waals surface area contributed by atoms with Crippen molar-refractivity contribution in [3.05, 3.63) is 45.9 Å². The van der Waals surface area contributed by atoms with Crippen molar-refractivity contribution in [2.45, 2.75) is 26.6 Å². The summed E-state index contributed by atoms with van der Waals surface area (Å²) >= 11 is 0. The fourth-order valence-electron chi connectivity index (χ4n) is 1.93. The van der Waals surface area contributed by atoms with E-state index < -0.39 is 17.6 Å². The van der Waals surface area contributed by atoms with E-state index in [-0.39, 0.29) is 19.0 Å². The Morgan fingerprint density at radius 2 is 2.00 bits per heavy atom. The number of alkyl halides is 3. The van der Waals surface area contributed by atoms with Crippen molar-refractivity contribution in [3.8, 4) is 0 Å². The van der Waals surface area contributed by atoms with Gasteiger partial charge < -0.3 is 5.32 Å². The van der Waals surface area contributed by atoms with Gasteiger partial charge in [-0.25, -0.2) is 14.8 Å². The predicted molar refractivity (Wildman–Crippen MR) is 73.5 cm³/mol. The van der Waals surface area contributed by atoms with Gasteiger partial charge in [0.1, 0.15) is 5.69 Å². The van der Waals surface area contributed by atoms with Gasteiger partial charge in [0.05, 0.1) is 0 Å². The zero-order chi connectivity index (χ0) is 16.3. The highest BCUT2D eigenvalue weighted by Crippen LogP contribution is 2.27. The second-order valence-electron chi connectivity index (χ2n) is 4.66. The number of rotatable bonds is 4. The third-order valence-electron chi connectivity index (χ3n) is 2.91. The smallest absolute Gasteiger partial charge is 0.352 e. The van der Waals surface area contributed by atoms with Gasteiger partial charge in [-0.1, -0.05) is 0 Å². The average Bonchev–Trinajstić information content (AvgIpc) is 2.41. The molecule has 2 heterocycles. The Morgan fingerprint density at radius 1 is 1.27 bits per heavy atom. The summed E-state index contributed by atoms with van der Waals surface area (Å²) in [7, 11) is 0. The largest absolute Gasteiger partial charge is 0.433 e. The SMILES string of the molecule is Cc1cc(C)n(CCNc2nccc(C(F)(F)F)n2)c(=O)n1. The van der Waals surface area contributed by atoms with Gasteiger partial charge in [-0.3, -0.25) is 4.57 Å². The monoisotopic (exact) mass is 313 g/mol. The van der Waals surface area contributed by atoms with Crippen molar-refractivity contribution >= 4 is 5.95 Å². The van der Waals surface area contributed by atoms with Crippen LogP contribution in [0.15, 0.2) is 23.1 Å². The van der Waals surface area contributed by atoms with E-state index in [9.17, 15) is 18.0 Å². The fourth-order valence-corrected chi connectivity index (χ4v) is 1.93. The van der Waals surface area contributed by atoms with Crippen LogP contribution in [0.1, 0.15) is 17.1 Å². The van der Waals surface area contributed by atoms with E-state index in [2.05, 4.69) is 20.3 Å². The lowest BCUT2D eigenvalue weighted by molar-refractivity contribution is -0.141. The molecule has 0 radical (unpaired) electrons. The van der Waals surface area contributed by atoms with E-state index in [4.69, 9.17) is 0 Å². The summed E-state index contributed by atoms with van der Waals surface area (Å²) in [6, 6.07) is 2.55. The van der Waals surface area contributed by atoms with Crippen LogP contribution in [0.25, 0.3) is 0 Å². The third-order valence-corrected chi connectivity index (χ3v) is 2.91. The molecule has 0 aliphatic carbocycles. The Labute approximate surface area is 124 Å². The molecule has 6 nitrogen and oxygen atoms in total. The summed E-state index contributed by atoms with van der Waals surface area (Å²) in [5.41, 5.74) is -0.0724. The van der Waals surface area contributed by atoms with E-state index in [0.29, 0.717) is 5.69 Å². The molecule has 2 aromatic rings. The molecule has 2 rings (SSSR count). The first-order valence-electron chi connectivity index (χ1n) is 6.46. The van der Waals surface area contributed by atoms with E-state index >= 15 is 0 Å². The summed E-state index contributed by atoms with van der Waals surface area (Å²) in [6.45, 7) is 3.93. The second kappa shape index (κ2) is 6.12. The Bertz CT molecular complexity index is 726. The topological polar surface area (TPSA) is 72.7 Å². The van der Waals surface area contributed by atoms with E-state index in [1.54, 1.807) is 19.9 Å². The van der Waals surface area contributed by atoms with Gasteiger partial charge >= 0.3 is 11.9 Å². The van der Waals surface area contributed by atoms with Crippen LogP contribution in [0.2, 0.25) is 0 Å². The van der Waals surface area contributed by atoms with Crippen molar-refractivity contribution in [1.82, 2.24) is 19.5 Å². The maximum Gasteiger partial charge on any atom is 0.433 e. The summed E-state index contributed by atoms with van der Waals surface area (Å²) in [5.74, 6) is -0.138. The van der Waals surface area contributed by atoms with Crippen molar-refractivity contribution in [3.63, 3.8) is 0 Å². The van der Waals surface area contributed by atoms with Crippen molar-refractivity contribution in [1.29, 1.82) is 0 Å². The Hall–Kier alpha value is -2.45. The molecule has 0 unspecified atom stereocenters. The highest BCUT2D eigenvalue weighted by molar-refractivity contribution is 5.25. The van der Waals surface area contributed by atoms with Crippen LogP contribution in [-0.4, -0.2) is 26.1 Å². The minimum atomic E-state index is -4.52. The molecular formula is C13H14F3N5O. The number of hydrogen-bond acceptors (Lipinski definition) is 5. The zero-order valence-electron chi connectivity index (χ0n) is 12.0. The molecule has 22 heavy (non-hydrogen) atoms. The minimum Gasteiger partial charge on any atom is -0.352 e. The molecule has 0 spiro atoms. The van der Waals surface area contributed by atoms with Crippen LogP contribution in [0.5, 0.6) is 0 Å². The summed E-state index contributed by atoms with van der Waals surface area (Å²) in [4.78, 5) is 22.6. The molecule has 0 fully saturated rings. The minimum absolute atomic E-state index is 0.138. The van der Waals surface area contributed by atoms with Gasteiger partial charge in [0, 0.05) is 30.7 Å². The summed E-state index contributed by atoms with van der Waals surface area (Å²) in [6.07, 6.45) is -3.49. The van der Waals surface area contributed by atoms with Crippen LogP contribution in [0, 0.1) is 13.8 Å². The van der Waals surface area contributed by atoms with Gasteiger partial charge in [-0.15, -0.1) is 0 Å². The molecule has 0 bridgehead atoms. The first-order valence-corrected chi connectivity index (χ1v) is 6.46. The number of anilines is 1. The number of nitrogens with zero attached hydrogens (tertiary/aromatic N) is 4. The van der Waals surface area contributed by atoms with Gasteiger partial charge in [-0.2, -0.15) is 18.2 Å². The van der Waals surface area contributed by atoms with E-state index in [0.717, 1.165) is 18.0 Å². The Balaban J connectivity index is 2.05. The molecule has 2 aromatic heterocycles. The van der Waals surface area contributed by atoms with Gasteiger partial charge in [0.2, 0.25) is 5.95 Å². The van der Waals surface area contributed by atoms with Crippen LogP contribution in [-0.2, 0) is 12.7 Å². The third kappa shape index (κ3) is 3.80. The molecular weight excluding hydrogens is 299 g/mol. The lowest BCUT2D eigenvalue weighted by atomic mass is 10.3. The maximum absolute atomic E-state index is 12.5. The second-order valence-corrected chi connectivity index (χ2v) is 4.66. The van der Waals surface area contributed by atoms with E-state index in [1.165, 1.54) is 4.57 Å². The normalized spacial score (nSPS) is 11.5. The predicted octanol–water partition coefficient (Wildman–Crippen LogP) is 1.78. The highest BCUT2D eigenvalue weighted by Gasteiger charge is 2.32.